The molecule has 0 aliphatic carbocycles. The summed E-state index contributed by atoms with van der Waals surface area (Å²) in [6.07, 6.45) is 2.22. The zero-order valence-corrected chi connectivity index (χ0v) is 20.4. The third-order valence-corrected chi connectivity index (χ3v) is 6.88. The maximum absolute atomic E-state index is 13.5. The Hall–Kier alpha value is -4.17. The molecule has 0 saturated carbocycles. The van der Waals surface area contributed by atoms with Crippen LogP contribution in [0.15, 0.2) is 77.7 Å². The minimum absolute atomic E-state index is 0.118. The first-order valence-electron chi connectivity index (χ1n) is 12.4. The van der Waals surface area contributed by atoms with Gasteiger partial charge in [0.1, 0.15) is 17.6 Å². The van der Waals surface area contributed by atoms with Crippen molar-refractivity contribution in [1.29, 1.82) is 0 Å². The van der Waals surface area contributed by atoms with Crippen molar-refractivity contribution in [2.24, 2.45) is 0 Å². The Labute approximate surface area is 213 Å². The van der Waals surface area contributed by atoms with Crippen molar-refractivity contribution in [3.63, 3.8) is 0 Å². The van der Waals surface area contributed by atoms with E-state index in [9.17, 15) is 9.18 Å². The molecule has 4 aromatic rings. The van der Waals surface area contributed by atoms with Crippen LogP contribution in [0.4, 0.5) is 15.8 Å². The van der Waals surface area contributed by atoms with Crippen LogP contribution in [0.5, 0.6) is 11.5 Å². The Morgan fingerprint density at radius 3 is 2.86 bits per heavy atom. The van der Waals surface area contributed by atoms with E-state index in [4.69, 9.17) is 9.47 Å². The van der Waals surface area contributed by atoms with Crippen LogP contribution in [-0.2, 0) is 11.2 Å². The summed E-state index contributed by atoms with van der Waals surface area (Å²) in [6.45, 7) is 3.87. The fourth-order valence-corrected chi connectivity index (χ4v) is 5.04. The number of fused-ring (bicyclic) bond motifs is 2. The molecule has 0 bridgehead atoms. The van der Waals surface area contributed by atoms with Crippen LogP contribution >= 0.6 is 0 Å². The van der Waals surface area contributed by atoms with Crippen LogP contribution < -0.4 is 20.5 Å². The van der Waals surface area contributed by atoms with Gasteiger partial charge in [-0.05, 0) is 48.9 Å². The quantitative estimate of drug-likeness (QED) is 0.318. The maximum Gasteiger partial charge on any atom is 0.249 e. The summed E-state index contributed by atoms with van der Waals surface area (Å²) < 4.78 is 26.1. The molecule has 7 nitrogen and oxygen atoms in total. The number of nitrogens with zero attached hydrogens (tertiary/aromatic N) is 2. The van der Waals surface area contributed by atoms with Gasteiger partial charge in [-0.15, -0.1) is 0 Å². The van der Waals surface area contributed by atoms with E-state index in [1.165, 1.54) is 6.07 Å². The molecule has 2 aliphatic rings. The third kappa shape index (κ3) is 4.80. The van der Waals surface area contributed by atoms with E-state index in [0.29, 0.717) is 18.8 Å². The third-order valence-electron chi connectivity index (χ3n) is 6.88. The minimum Gasteiger partial charge on any atom is -0.456 e. The molecule has 0 amide bonds. The zero-order chi connectivity index (χ0) is 25.4. The molecule has 4 heterocycles. The monoisotopic (exact) mass is 498 g/mol. The lowest BCUT2D eigenvalue weighted by Crippen LogP contribution is -2.39. The molecular formula is C29H27FN4O3. The average Bonchev–Trinajstić information content (AvgIpc) is 2.91. The van der Waals surface area contributed by atoms with Crippen molar-refractivity contribution in [3.05, 3.63) is 112 Å². The van der Waals surface area contributed by atoms with Crippen LogP contribution in [0.2, 0.25) is 0 Å². The molecule has 0 spiro atoms. The molecule has 2 aliphatic heterocycles. The highest BCUT2D eigenvalue weighted by Crippen LogP contribution is 2.43. The van der Waals surface area contributed by atoms with Crippen molar-refractivity contribution in [2.45, 2.75) is 25.5 Å². The fourth-order valence-electron chi connectivity index (χ4n) is 5.04. The Morgan fingerprint density at radius 1 is 1.11 bits per heavy atom. The first-order chi connectivity index (χ1) is 18.0. The number of hydrogen-bond donors (Lipinski definition) is 2. The minimum atomic E-state index is -0.486. The number of H-pyrrole nitrogens is 1. The van der Waals surface area contributed by atoms with Crippen LogP contribution in [-0.4, -0.2) is 29.7 Å². The number of ether oxygens (including phenoxy) is 2. The van der Waals surface area contributed by atoms with Crippen molar-refractivity contribution >= 4 is 11.4 Å². The van der Waals surface area contributed by atoms with Gasteiger partial charge in [0, 0.05) is 54.3 Å². The molecule has 1 fully saturated rings. The lowest BCUT2D eigenvalue weighted by molar-refractivity contribution is 0.0384. The second kappa shape index (κ2) is 9.71. The highest BCUT2D eigenvalue weighted by Gasteiger charge is 2.29. The number of hydrogen-bond acceptors (Lipinski definition) is 6. The molecule has 2 aromatic heterocycles. The lowest BCUT2D eigenvalue weighted by Gasteiger charge is -2.36. The number of morpholine rings is 1. The molecule has 0 radical (unpaired) electrons. The average molecular weight is 499 g/mol. The first-order valence-corrected chi connectivity index (χ1v) is 12.4. The van der Waals surface area contributed by atoms with E-state index in [1.54, 1.807) is 18.3 Å². The molecule has 2 atom stereocenters. The SMILES string of the molecule is CC(Nc1ccc2c(c1)Cc1cccc(C3CN(c4cc[nH]c(=O)c4)CCO3)c1O2)c1cccc(F)n1. The molecule has 8 heteroatoms. The Balaban J connectivity index is 1.22. The Kier molecular flexibility index (Phi) is 6.10. The predicted molar refractivity (Wildman–Crippen MR) is 140 cm³/mol. The summed E-state index contributed by atoms with van der Waals surface area (Å²) in [4.78, 5) is 20.6. The number of halogens is 1. The van der Waals surface area contributed by atoms with Crippen LogP contribution in [0.1, 0.15) is 41.5 Å². The zero-order valence-electron chi connectivity index (χ0n) is 20.4. The van der Waals surface area contributed by atoms with Crippen LogP contribution in [0, 0.1) is 5.95 Å². The molecule has 188 valence electrons. The van der Waals surface area contributed by atoms with Gasteiger partial charge in [0.2, 0.25) is 11.5 Å². The molecule has 37 heavy (non-hydrogen) atoms. The number of pyridine rings is 2. The van der Waals surface area contributed by atoms with Gasteiger partial charge >= 0.3 is 0 Å². The second-order valence-corrected chi connectivity index (χ2v) is 9.40. The summed E-state index contributed by atoms with van der Waals surface area (Å²) in [5.74, 6) is 1.16. The van der Waals surface area contributed by atoms with E-state index < -0.39 is 5.95 Å². The van der Waals surface area contributed by atoms with E-state index in [-0.39, 0.29) is 17.7 Å². The number of benzene rings is 2. The van der Waals surface area contributed by atoms with Gasteiger partial charge in [-0.2, -0.15) is 4.39 Å². The molecule has 2 unspecified atom stereocenters. The second-order valence-electron chi connectivity index (χ2n) is 9.40. The topological polar surface area (TPSA) is 79.5 Å². The standard InChI is InChI=1S/C29H27FN4O3/c1-18(24-6-3-7-27(30)33-24)32-21-8-9-25-20(15-21)14-19-4-2-5-23(29(19)37-25)26-17-34(12-13-36-26)22-10-11-31-28(35)16-22/h2-11,15-16,18,26,32H,12-14,17H2,1H3,(H,31,35). The highest BCUT2D eigenvalue weighted by molar-refractivity contribution is 5.59. The van der Waals surface area contributed by atoms with Crippen LogP contribution in [0.25, 0.3) is 0 Å². The fraction of sp³-hybridized carbons (Fsp3) is 0.241. The summed E-state index contributed by atoms with van der Waals surface area (Å²) >= 11 is 0. The van der Waals surface area contributed by atoms with E-state index in [2.05, 4.69) is 38.4 Å². The number of rotatable bonds is 5. The number of para-hydroxylation sites is 1. The molecule has 1 saturated heterocycles. The number of aromatic nitrogens is 2. The Bertz CT molecular complexity index is 1500. The van der Waals surface area contributed by atoms with Gasteiger partial charge in [-0.1, -0.05) is 24.3 Å². The van der Waals surface area contributed by atoms with E-state index >= 15 is 0 Å². The van der Waals surface area contributed by atoms with Crippen molar-refractivity contribution < 1.29 is 13.9 Å². The molecule has 2 N–H and O–H groups in total. The van der Waals surface area contributed by atoms with Gasteiger partial charge in [-0.3, -0.25) is 4.79 Å². The van der Waals surface area contributed by atoms with Gasteiger partial charge in [0.25, 0.3) is 0 Å². The van der Waals surface area contributed by atoms with Crippen molar-refractivity contribution in [1.82, 2.24) is 9.97 Å². The van der Waals surface area contributed by atoms with E-state index in [1.807, 2.05) is 37.3 Å². The van der Waals surface area contributed by atoms with Crippen LogP contribution in [0.3, 0.4) is 0 Å². The smallest absolute Gasteiger partial charge is 0.249 e. The summed E-state index contributed by atoms with van der Waals surface area (Å²) in [5.41, 5.74) is 5.51. The summed E-state index contributed by atoms with van der Waals surface area (Å²) in [5, 5.41) is 3.41. The normalized spacial score (nSPS) is 17.4. The number of anilines is 2. The molecular weight excluding hydrogens is 471 g/mol. The molecule has 6 rings (SSSR count). The summed E-state index contributed by atoms with van der Waals surface area (Å²) in [6, 6.07) is 20.4. The van der Waals surface area contributed by atoms with Gasteiger partial charge in [0.05, 0.1) is 18.3 Å². The highest BCUT2D eigenvalue weighted by atomic mass is 19.1. The van der Waals surface area contributed by atoms with Gasteiger partial charge in [0.15, 0.2) is 0 Å². The lowest BCUT2D eigenvalue weighted by atomic mass is 9.95. The first kappa shape index (κ1) is 23.2. The number of aromatic amines is 1. The summed E-state index contributed by atoms with van der Waals surface area (Å²) in [7, 11) is 0. The van der Waals surface area contributed by atoms with Crippen molar-refractivity contribution in [3.8, 4) is 11.5 Å². The molecule has 2 aromatic carbocycles. The van der Waals surface area contributed by atoms with Gasteiger partial charge < -0.3 is 24.7 Å². The van der Waals surface area contributed by atoms with E-state index in [0.717, 1.165) is 52.5 Å². The maximum atomic E-state index is 13.5. The predicted octanol–water partition coefficient (Wildman–Crippen LogP) is 5.36. The number of nitrogens with one attached hydrogen (secondary N) is 2. The largest absolute Gasteiger partial charge is 0.456 e. The van der Waals surface area contributed by atoms with Gasteiger partial charge in [-0.25, -0.2) is 4.98 Å². The van der Waals surface area contributed by atoms with Crippen molar-refractivity contribution in [2.75, 3.05) is 29.9 Å². The Morgan fingerprint density at radius 2 is 2.00 bits per heavy atom.